The van der Waals surface area contributed by atoms with E-state index in [0.29, 0.717) is 18.3 Å². The predicted molar refractivity (Wildman–Crippen MR) is 55.0 cm³/mol. The van der Waals surface area contributed by atoms with E-state index in [1.807, 2.05) is 13.8 Å². The van der Waals surface area contributed by atoms with Crippen molar-refractivity contribution in [1.29, 1.82) is 0 Å². The topological polar surface area (TPSA) is 40.7 Å². The molecule has 0 aliphatic carbocycles. The molecule has 0 spiro atoms. The molecule has 0 radical (unpaired) electrons. The third-order valence-corrected chi connectivity index (χ3v) is 2.08. The first-order chi connectivity index (χ1) is 7.39. The number of hydrogen-bond acceptors (Lipinski definition) is 2. The highest BCUT2D eigenvalue weighted by molar-refractivity contribution is 5.05. The molecular formula is C10H16F3N3. The maximum Gasteiger partial charge on any atom is 0.432 e. The molecule has 3 nitrogen and oxygen atoms in total. The SMILES string of the molecule is CC(C)NCCCc1ncc(C(F)(F)F)[nH]1. The van der Waals surface area contributed by atoms with E-state index in [4.69, 9.17) is 0 Å². The van der Waals surface area contributed by atoms with Gasteiger partial charge in [0.2, 0.25) is 0 Å². The molecule has 0 saturated carbocycles. The van der Waals surface area contributed by atoms with E-state index < -0.39 is 11.9 Å². The van der Waals surface area contributed by atoms with Gasteiger partial charge in [0.25, 0.3) is 0 Å². The molecule has 0 saturated heterocycles. The first kappa shape index (κ1) is 13.0. The number of aryl methyl sites for hydroxylation is 1. The molecule has 0 aliphatic heterocycles. The molecule has 1 heterocycles. The Morgan fingerprint density at radius 2 is 2.12 bits per heavy atom. The van der Waals surface area contributed by atoms with Crippen LogP contribution in [0.2, 0.25) is 0 Å². The Kier molecular flexibility index (Phi) is 4.35. The van der Waals surface area contributed by atoms with E-state index in [9.17, 15) is 13.2 Å². The lowest BCUT2D eigenvalue weighted by Gasteiger charge is -2.06. The number of aromatic nitrogens is 2. The van der Waals surface area contributed by atoms with Crippen molar-refractivity contribution < 1.29 is 13.2 Å². The standard InChI is InChI=1S/C10H16F3N3/c1-7(2)14-5-3-4-9-15-6-8(16-9)10(11,12)13/h6-7,14H,3-5H2,1-2H3,(H,15,16). The summed E-state index contributed by atoms with van der Waals surface area (Å²) in [7, 11) is 0. The van der Waals surface area contributed by atoms with E-state index in [-0.39, 0.29) is 0 Å². The second kappa shape index (κ2) is 5.34. The van der Waals surface area contributed by atoms with Crippen LogP contribution in [0.4, 0.5) is 13.2 Å². The average molecular weight is 235 g/mol. The minimum Gasteiger partial charge on any atom is -0.338 e. The first-order valence-corrected chi connectivity index (χ1v) is 5.24. The van der Waals surface area contributed by atoms with Crippen molar-refractivity contribution in [3.05, 3.63) is 17.7 Å². The molecular weight excluding hydrogens is 219 g/mol. The van der Waals surface area contributed by atoms with Gasteiger partial charge >= 0.3 is 6.18 Å². The fourth-order valence-electron chi connectivity index (χ4n) is 1.28. The molecule has 0 aromatic carbocycles. The summed E-state index contributed by atoms with van der Waals surface area (Å²) in [6.07, 6.45) is -2.20. The lowest BCUT2D eigenvalue weighted by Crippen LogP contribution is -2.24. The molecule has 0 unspecified atom stereocenters. The largest absolute Gasteiger partial charge is 0.432 e. The highest BCUT2D eigenvalue weighted by Gasteiger charge is 2.32. The number of hydrogen-bond donors (Lipinski definition) is 2. The number of halogens is 3. The van der Waals surface area contributed by atoms with Crippen LogP contribution in [0.5, 0.6) is 0 Å². The monoisotopic (exact) mass is 235 g/mol. The second-order valence-corrected chi connectivity index (χ2v) is 3.95. The third kappa shape index (κ3) is 4.22. The van der Waals surface area contributed by atoms with Gasteiger partial charge in [-0.3, -0.25) is 0 Å². The number of rotatable bonds is 5. The number of alkyl halides is 3. The van der Waals surface area contributed by atoms with Gasteiger partial charge < -0.3 is 10.3 Å². The van der Waals surface area contributed by atoms with E-state index in [0.717, 1.165) is 19.2 Å². The van der Waals surface area contributed by atoms with Crippen LogP contribution in [-0.2, 0) is 12.6 Å². The molecule has 6 heteroatoms. The van der Waals surface area contributed by atoms with Crippen LogP contribution in [0.25, 0.3) is 0 Å². The van der Waals surface area contributed by atoms with Crippen molar-refractivity contribution in [1.82, 2.24) is 15.3 Å². The van der Waals surface area contributed by atoms with E-state index in [1.54, 1.807) is 0 Å². The molecule has 0 amide bonds. The van der Waals surface area contributed by atoms with Crippen LogP contribution >= 0.6 is 0 Å². The van der Waals surface area contributed by atoms with Gasteiger partial charge in [-0.1, -0.05) is 13.8 Å². The highest BCUT2D eigenvalue weighted by atomic mass is 19.4. The van der Waals surface area contributed by atoms with Crippen molar-refractivity contribution in [3.63, 3.8) is 0 Å². The molecule has 92 valence electrons. The maximum absolute atomic E-state index is 12.2. The Morgan fingerprint density at radius 3 is 2.62 bits per heavy atom. The Morgan fingerprint density at radius 1 is 1.44 bits per heavy atom. The quantitative estimate of drug-likeness (QED) is 0.769. The van der Waals surface area contributed by atoms with Gasteiger partial charge in [0.15, 0.2) is 0 Å². The zero-order chi connectivity index (χ0) is 12.2. The summed E-state index contributed by atoms with van der Waals surface area (Å²) in [5, 5.41) is 3.19. The Bertz CT molecular complexity index is 317. The number of aromatic amines is 1. The maximum atomic E-state index is 12.2. The van der Waals surface area contributed by atoms with Crippen molar-refractivity contribution in [2.75, 3.05) is 6.54 Å². The smallest absolute Gasteiger partial charge is 0.338 e. The molecule has 1 rings (SSSR count). The van der Waals surface area contributed by atoms with Crippen LogP contribution in [0, 0.1) is 0 Å². The number of H-pyrrole nitrogens is 1. The lowest BCUT2D eigenvalue weighted by atomic mass is 10.3. The zero-order valence-corrected chi connectivity index (χ0v) is 9.36. The van der Waals surface area contributed by atoms with Crippen LogP contribution in [0.15, 0.2) is 6.20 Å². The normalized spacial score (nSPS) is 12.4. The van der Waals surface area contributed by atoms with Crippen molar-refractivity contribution in [2.45, 2.75) is 38.9 Å². The van der Waals surface area contributed by atoms with E-state index >= 15 is 0 Å². The number of imidazole rings is 1. The van der Waals surface area contributed by atoms with Gasteiger partial charge in [-0.05, 0) is 13.0 Å². The van der Waals surface area contributed by atoms with Gasteiger partial charge in [0.1, 0.15) is 11.5 Å². The van der Waals surface area contributed by atoms with Gasteiger partial charge in [0.05, 0.1) is 6.20 Å². The third-order valence-electron chi connectivity index (χ3n) is 2.08. The van der Waals surface area contributed by atoms with Crippen LogP contribution in [0.1, 0.15) is 31.8 Å². The van der Waals surface area contributed by atoms with Crippen LogP contribution in [0.3, 0.4) is 0 Å². The molecule has 0 fully saturated rings. The first-order valence-electron chi connectivity index (χ1n) is 5.24. The van der Waals surface area contributed by atoms with Crippen molar-refractivity contribution >= 4 is 0 Å². The molecule has 2 N–H and O–H groups in total. The number of nitrogens with one attached hydrogen (secondary N) is 2. The summed E-state index contributed by atoms with van der Waals surface area (Å²) < 4.78 is 36.6. The van der Waals surface area contributed by atoms with Crippen molar-refractivity contribution in [3.8, 4) is 0 Å². The van der Waals surface area contributed by atoms with Gasteiger partial charge in [-0.15, -0.1) is 0 Å². The summed E-state index contributed by atoms with van der Waals surface area (Å²) >= 11 is 0. The van der Waals surface area contributed by atoms with E-state index in [2.05, 4.69) is 15.3 Å². The predicted octanol–water partition coefficient (Wildman–Crippen LogP) is 2.36. The molecule has 0 aliphatic rings. The minimum absolute atomic E-state index is 0.387. The van der Waals surface area contributed by atoms with Crippen molar-refractivity contribution in [2.24, 2.45) is 0 Å². The molecule has 1 aromatic rings. The molecule has 1 aromatic heterocycles. The average Bonchev–Trinajstić information content (AvgIpc) is 2.59. The fourth-order valence-corrected chi connectivity index (χ4v) is 1.28. The van der Waals surface area contributed by atoms with E-state index in [1.165, 1.54) is 0 Å². The van der Waals surface area contributed by atoms with Gasteiger partial charge in [0, 0.05) is 12.5 Å². The fraction of sp³-hybridized carbons (Fsp3) is 0.700. The summed E-state index contributed by atoms with van der Waals surface area (Å²) in [5.74, 6) is 0.387. The lowest BCUT2D eigenvalue weighted by molar-refractivity contribution is -0.140. The number of nitrogens with zero attached hydrogens (tertiary/aromatic N) is 1. The minimum atomic E-state index is -4.33. The Labute approximate surface area is 92.5 Å². The molecule has 16 heavy (non-hydrogen) atoms. The second-order valence-electron chi connectivity index (χ2n) is 3.95. The summed E-state index contributed by atoms with van der Waals surface area (Å²) in [5.41, 5.74) is -0.778. The Hall–Kier alpha value is -1.04. The summed E-state index contributed by atoms with van der Waals surface area (Å²) in [4.78, 5) is 5.97. The van der Waals surface area contributed by atoms with Crippen LogP contribution in [-0.4, -0.2) is 22.6 Å². The highest BCUT2D eigenvalue weighted by Crippen LogP contribution is 2.27. The molecule has 0 bridgehead atoms. The molecule has 0 atom stereocenters. The summed E-state index contributed by atoms with van der Waals surface area (Å²) in [6.45, 7) is 4.82. The zero-order valence-electron chi connectivity index (χ0n) is 9.36. The van der Waals surface area contributed by atoms with Gasteiger partial charge in [-0.25, -0.2) is 4.98 Å². The van der Waals surface area contributed by atoms with Crippen LogP contribution < -0.4 is 5.32 Å². The Balaban J connectivity index is 2.36. The summed E-state index contributed by atoms with van der Waals surface area (Å²) in [6, 6.07) is 0.391. The van der Waals surface area contributed by atoms with Gasteiger partial charge in [-0.2, -0.15) is 13.2 Å².